The van der Waals surface area contributed by atoms with Crippen LogP contribution in [-0.4, -0.2) is 17.0 Å². The van der Waals surface area contributed by atoms with Gasteiger partial charge in [-0.1, -0.05) is 23.8 Å². The summed E-state index contributed by atoms with van der Waals surface area (Å²) in [6.45, 7) is 1.84. The van der Waals surface area contributed by atoms with Crippen LogP contribution < -0.4 is 5.32 Å². The van der Waals surface area contributed by atoms with Crippen LogP contribution in [0.25, 0.3) is 0 Å². The minimum absolute atomic E-state index is 0.257. The van der Waals surface area contributed by atoms with Crippen molar-refractivity contribution >= 4 is 29.2 Å². The third-order valence-corrected chi connectivity index (χ3v) is 3.77. The maximum atomic E-state index is 12.3. The van der Waals surface area contributed by atoms with Crippen molar-refractivity contribution in [3.05, 3.63) is 40.9 Å². The van der Waals surface area contributed by atoms with Crippen molar-refractivity contribution < 1.29 is 14.7 Å². The lowest BCUT2D eigenvalue weighted by Gasteiger charge is -2.24. The molecule has 2 unspecified atom stereocenters. The number of benzene rings is 1. The second kappa shape index (κ2) is 6.09. The monoisotopic (exact) mass is 293 g/mol. The quantitative estimate of drug-likeness (QED) is 0.841. The lowest BCUT2D eigenvalue weighted by atomic mass is 9.82. The van der Waals surface area contributed by atoms with Crippen LogP contribution in [0.5, 0.6) is 0 Å². The van der Waals surface area contributed by atoms with Gasteiger partial charge in [0.25, 0.3) is 0 Å². The van der Waals surface area contributed by atoms with Gasteiger partial charge in [0.2, 0.25) is 5.91 Å². The van der Waals surface area contributed by atoms with Gasteiger partial charge in [-0.2, -0.15) is 0 Å². The highest BCUT2D eigenvalue weighted by molar-refractivity contribution is 6.30. The fourth-order valence-corrected chi connectivity index (χ4v) is 2.60. The second-order valence-electron chi connectivity index (χ2n) is 4.94. The Kier molecular flexibility index (Phi) is 4.45. The molecule has 1 aliphatic rings. The number of carbonyl (C=O) groups is 2. The molecule has 0 radical (unpaired) electrons. The first kappa shape index (κ1) is 14.6. The summed E-state index contributed by atoms with van der Waals surface area (Å²) in [7, 11) is 0. The van der Waals surface area contributed by atoms with E-state index in [1.54, 1.807) is 18.2 Å². The maximum absolute atomic E-state index is 12.3. The number of aliphatic carboxylic acids is 1. The van der Waals surface area contributed by atoms with Crippen molar-refractivity contribution in [1.82, 2.24) is 0 Å². The molecule has 106 valence electrons. The molecule has 1 aromatic rings. The number of halogens is 1. The van der Waals surface area contributed by atoms with E-state index in [0.717, 1.165) is 5.56 Å². The molecule has 2 atom stereocenters. The molecule has 0 spiro atoms. The largest absolute Gasteiger partial charge is 0.481 e. The summed E-state index contributed by atoms with van der Waals surface area (Å²) in [4.78, 5) is 23.5. The zero-order chi connectivity index (χ0) is 14.7. The number of hydrogen-bond donors (Lipinski definition) is 2. The van der Waals surface area contributed by atoms with Crippen LogP contribution in [-0.2, 0) is 9.59 Å². The van der Waals surface area contributed by atoms with Gasteiger partial charge in [-0.05, 0) is 43.5 Å². The smallest absolute Gasteiger partial charge is 0.307 e. The fourth-order valence-electron chi connectivity index (χ4n) is 2.37. The number of anilines is 1. The molecule has 4 nitrogen and oxygen atoms in total. The Balaban J connectivity index is 2.14. The molecule has 1 amide bonds. The molecular formula is C15H16ClNO3. The van der Waals surface area contributed by atoms with Crippen LogP contribution in [0.3, 0.4) is 0 Å². The van der Waals surface area contributed by atoms with E-state index < -0.39 is 17.8 Å². The van der Waals surface area contributed by atoms with E-state index in [9.17, 15) is 14.7 Å². The SMILES string of the molecule is Cc1cc(Cl)ccc1NC(=O)C1CC=CCC1C(=O)O. The molecular weight excluding hydrogens is 278 g/mol. The van der Waals surface area contributed by atoms with E-state index in [4.69, 9.17) is 11.6 Å². The molecule has 2 rings (SSSR count). The highest BCUT2D eigenvalue weighted by atomic mass is 35.5. The van der Waals surface area contributed by atoms with Gasteiger partial charge in [0, 0.05) is 10.7 Å². The lowest BCUT2D eigenvalue weighted by molar-refractivity contribution is -0.146. The Morgan fingerprint density at radius 3 is 2.50 bits per heavy atom. The van der Waals surface area contributed by atoms with Crippen LogP contribution in [0.4, 0.5) is 5.69 Å². The van der Waals surface area contributed by atoms with Crippen LogP contribution >= 0.6 is 11.6 Å². The third-order valence-electron chi connectivity index (χ3n) is 3.53. The Bertz CT molecular complexity index is 568. The summed E-state index contributed by atoms with van der Waals surface area (Å²) in [5, 5.41) is 12.6. The van der Waals surface area contributed by atoms with Gasteiger partial charge < -0.3 is 10.4 Å². The normalized spacial score (nSPS) is 21.5. The molecule has 0 heterocycles. The van der Waals surface area contributed by atoms with Crippen molar-refractivity contribution in [2.75, 3.05) is 5.32 Å². The molecule has 5 heteroatoms. The van der Waals surface area contributed by atoms with Crippen LogP contribution in [0, 0.1) is 18.8 Å². The average molecular weight is 294 g/mol. The minimum Gasteiger partial charge on any atom is -0.481 e. The van der Waals surface area contributed by atoms with Gasteiger partial charge >= 0.3 is 5.97 Å². The molecule has 20 heavy (non-hydrogen) atoms. The average Bonchev–Trinajstić information content (AvgIpc) is 2.41. The second-order valence-corrected chi connectivity index (χ2v) is 5.38. The Morgan fingerprint density at radius 2 is 1.90 bits per heavy atom. The summed E-state index contributed by atoms with van der Waals surface area (Å²) in [5.41, 5.74) is 1.52. The number of rotatable bonds is 3. The van der Waals surface area contributed by atoms with E-state index in [-0.39, 0.29) is 5.91 Å². The summed E-state index contributed by atoms with van der Waals surface area (Å²) < 4.78 is 0. The number of aryl methyl sites for hydroxylation is 1. The van der Waals surface area contributed by atoms with Gasteiger partial charge in [-0.25, -0.2) is 0 Å². The van der Waals surface area contributed by atoms with Crippen LogP contribution in [0.2, 0.25) is 5.02 Å². The van der Waals surface area contributed by atoms with Crippen molar-refractivity contribution in [2.45, 2.75) is 19.8 Å². The van der Waals surface area contributed by atoms with Crippen LogP contribution in [0.1, 0.15) is 18.4 Å². The van der Waals surface area contributed by atoms with E-state index in [1.165, 1.54) is 0 Å². The molecule has 1 aromatic carbocycles. The predicted molar refractivity (Wildman–Crippen MR) is 77.8 cm³/mol. The highest BCUT2D eigenvalue weighted by Gasteiger charge is 2.34. The van der Waals surface area contributed by atoms with Crippen molar-refractivity contribution in [3.8, 4) is 0 Å². The molecule has 0 fully saturated rings. The summed E-state index contributed by atoms with van der Waals surface area (Å²) >= 11 is 5.87. The minimum atomic E-state index is -0.928. The number of hydrogen-bond acceptors (Lipinski definition) is 2. The maximum Gasteiger partial charge on any atom is 0.307 e. The molecule has 2 N–H and O–H groups in total. The molecule has 0 bridgehead atoms. The van der Waals surface area contributed by atoms with Gasteiger partial charge in [0.05, 0.1) is 11.8 Å². The Labute approximate surface area is 122 Å². The summed E-state index contributed by atoms with van der Waals surface area (Å²) in [5.74, 6) is -2.38. The number of carbonyl (C=O) groups excluding carboxylic acids is 1. The number of nitrogens with one attached hydrogen (secondary N) is 1. The summed E-state index contributed by atoms with van der Waals surface area (Å²) in [6, 6.07) is 5.18. The zero-order valence-electron chi connectivity index (χ0n) is 11.1. The first-order valence-corrected chi connectivity index (χ1v) is 6.81. The molecule has 0 aromatic heterocycles. The van der Waals surface area contributed by atoms with E-state index >= 15 is 0 Å². The zero-order valence-corrected chi connectivity index (χ0v) is 11.9. The lowest BCUT2D eigenvalue weighted by Crippen LogP contribution is -2.34. The molecule has 1 aliphatic carbocycles. The first-order valence-electron chi connectivity index (χ1n) is 6.44. The topological polar surface area (TPSA) is 66.4 Å². The fraction of sp³-hybridized carbons (Fsp3) is 0.333. The van der Waals surface area contributed by atoms with Gasteiger partial charge in [0.1, 0.15) is 0 Å². The van der Waals surface area contributed by atoms with Gasteiger partial charge in [-0.3, -0.25) is 9.59 Å². The van der Waals surface area contributed by atoms with Crippen molar-refractivity contribution in [1.29, 1.82) is 0 Å². The number of carboxylic acid groups (broad SMARTS) is 1. The predicted octanol–water partition coefficient (Wildman–Crippen LogP) is 3.25. The Hall–Kier alpha value is -1.81. The number of carboxylic acids is 1. The highest BCUT2D eigenvalue weighted by Crippen LogP contribution is 2.28. The molecule has 0 saturated carbocycles. The van der Waals surface area contributed by atoms with E-state index in [1.807, 2.05) is 19.1 Å². The van der Waals surface area contributed by atoms with E-state index in [0.29, 0.717) is 23.6 Å². The molecule has 0 saturated heterocycles. The number of allylic oxidation sites excluding steroid dienone is 2. The summed E-state index contributed by atoms with van der Waals surface area (Å²) in [6.07, 6.45) is 4.52. The van der Waals surface area contributed by atoms with Crippen molar-refractivity contribution in [2.24, 2.45) is 11.8 Å². The third kappa shape index (κ3) is 3.20. The van der Waals surface area contributed by atoms with Crippen LogP contribution in [0.15, 0.2) is 30.4 Å². The standard InChI is InChI=1S/C15H16ClNO3/c1-9-8-10(16)6-7-13(9)17-14(18)11-4-2-3-5-12(11)15(19)20/h2-3,6-8,11-12H,4-5H2,1H3,(H,17,18)(H,19,20). The molecule has 0 aliphatic heterocycles. The first-order chi connectivity index (χ1) is 9.49. The van der Waals surface area contributed by atoms with Gasteiger partial charge in [0.15, 0.2) is 0 Å². The Morgan fingerprint density at radius 1 is 1.25 bits per heavy atom. The van der Waals surface area contributed by atoms with Gasteiger partial charge in [-0.15, -0.1) is 0 Å². The van der Waals surface area contributed by atoms with Crippen molar-refractivity contribution in [3.63, 3.8) is 0 Å². The van der Waals surface area contributed by atoms with E-state index in [2.05, 4.69) is 5.32 Å². The number of amides is 1.